The summed E-state index contributed by atoms with van der Waals surface area (Å²) in [4.78, 5) is 28.1. The van der Waals surface area contributed by atoms with E-state index in [1.807, 2.05) is 25.1 Å². The van der Waals surface area contributed by atoms with Crippen LogP contribution in [0.25, 0.3) is 0 Å². The second-order valence-corrected chi connectivity index (χ2v) is 9.74. The van der Waals surface area contributed by atoms with Gasteiger partial charge in [-0.25, -0.2) is 13.2 Å². The van der Waals surface area contributed by atoms with E-state index in [0.29, 0.717) is 36.5 Å². The first-order chi connectivity index (χ1) is 14.6. The van der Waals surface area contributed by atoms with E-state index in [4.69, 9.17) is 4.74 Å². The van der Waals surface area contributed by atoms with Gasteiger partial charge in [-0.1, -0.05) is 12.1 Å². The summed E-state index contributed by atoms with van der Waals surface area (Å²) < 4.78 is 33.4. The number of aryl methyl sites for hydroxylation is 3. The largest absolute Gasteiger partial charge is 0.462 e. The van der Waals surface area contributed by atoms with Gasteiger partial charge >= 0.3 is 5.97 Å². The summed E-state index contributed by atoms with van der Waals surface area (Å²) >= 11 is 0. The van der Waals surface area contributed by atoms with Gasteiger partial charge in [0.25, 0.3) is 0 Å². The van der Waals surface area contributed by atoms with Crippen LogP contribution in [0.1, 0.15) is 47.1 Å². The zero-order valence-electron chi connectivity index (χ0n) is 18.3. The van der Waals surface area contributed by atoms with Gasteiger partial charge in [0.2, 0.25) is 15.9 Å². The van der Waals surface area contributed by atoms with E-state index >= 15 is 0 Å². The van der Waals surface area contributed by atoms with E-state index in [9.17, 15) is 18.0 Å². The Morgan fingerprint density at radius 2 is 1.97 bits per heavy atom. The van der Waals surface area contributed by atoms with Gasteiger partial charge in [0, 0.05) is 30.2 Å². The molecule has 9 heteroatoms. The average molecular weight is 448 g/mol. The molecule has 0 spiro atoms. The van der Waals surface area contributed by atoms with Gasteiger partial charge in [-0.15, -0.1) is 0 Å². The molecule has 1 unspecified atom stereocenters. The molecule has 2 aromatic rings. The third kappa shape index (κ3) is 4.83. The fourth-order valence-corrected chi connectivity index (χ4v) is 5.94. The van der Waals surface area contributed by atoms with Crippen LogP contribution in [0.15, 0.2) is 29.2 Å². The summed E-state index contributed by atoms with van der Waals surface area (Å²) in [5, 5.41) is 2.89. The molecule has 1 atom stereocenters. The van der Waals surface area contributed by atoms with Gasteiger partial charge in [-0.3, -0.25) is 4.79 Å². The topological polar surface area (TPSA) is 109 Å². The standard InChI is InChI=1S/C22H29N3O5S/c1-5-30-22(27)19-15(3)23-16(4)20(19)31(28,29)25-11-7-9-17(13-25)21(26)24-18-10-6-8-14(2)12-18/h6,8,10,12,17,23H,5,7,9,11,13H2,1-4H3,(H,24,26). The second kappa shape index (κ2) is 9.23. The molecular weight excluding hydrogens is 418 g/mol. The highest BCUT2D eigenvalue weighted by molar-refractivity contribution is 7.89. The molecule has 31 heavy (non-hydrogen) atoms. The molecule has 8 nitrogen and oxygen atoms in total. The van der Waals surface area contributed by atoms with Gasteiger partial charge in [0.15, 0.2) is 0 Å². The predicted molar refractivity (Wildman–Crippen MR) is 118 cm³/mol. The van der Waals surface area contributed by atoms with Crippen molar-refractivity contribution < 1.29 is 22.7 Å². The summed E-state index contributed by atoms with van der Waals surface area (Å²) in [6.07, 6.45) is 1.15. The molecule has 0 radical (unpaired) electrons. The van der Waals surface area contributed by atoms with Crippen molar-refractivity contribution in [2.45, 2.75) is 45.4 Å². The Kier molecular flexibility index (Phi) is 6.86. The first kappa shape index (κ1) is 23.0. The van der Waals surface area contributed by atoms with Crippen molar-refractivity contribution in [3.8, 4) is 0 Å². The highest BCUT2D eigenvalue weighted by Crippen LogP contribution is 2.31. The van der Waals surface area contributed by atoms with E-state index in [0.717, 1.165) is 5.56 Å². The Morgan fingerprint density at radius 1 is 1.23 bits per heavy atom. The lowest BCUT2D eigenvalue weighted by molar-refractivity contribution is -0.120. The number of ether oxygens (including phenoxy) is 1. The van der Waals surface area contributed by atoms with Gasteiger partial charge in [-0.05, 0) is 58.2 Å². The number of H-pyrrole nitrogens is 1. The van der Waals surface area contributed by atoms with Gasteiger partial charge < -0.3 is 15.0 Å². The number of nitrogens with zero attached hydrogens (tertiary/aromatic N) is 1. The number of nitrogens with one attached hydrogen (secondary N) is 2. The van der Waals surface area contributed by atoms with Crippen molar-refractivity contribution >= 4 is 27.6 Å². The Morgan fingerprint density at radius 3 is 2.65 bits per heavy atom. The number of anilines is 1. The molecule has 2 N–H and O–H groups in total. The van der Waals surface area contributed by atoms with E-state index in [2.05, 4.69) is 10.3 Å². The highest BCUT2D eigenvalue weighted by Gasteiger charge is 2.38. The number of piperidine rings is 1. The van der Waals surface area contributed by atoms with Crippen LogP contribution in [-0.2, 0) is 19.6 Å². The summed E-state index contributed by atoms with van der Waals surface area (Å²) in [7, 11) is -3.99. The molecule has 1 aromatic heterocycles. The minimum absolute atomic E-state index is 0.0330. The lowest BCUT2D eigenvalue weighted by atomic mass is 9.98. The number of benzene rings is 1. The zero-order chi connectivity index (χ0) is 22.8. The number of sulfonamides is 1. The predicted octanol–water partition coefficient (Wildman–Crippen LogP) is 3.16. The van der Waals surface area contributed by atoms with E-state index in [1.54, 1.807) is 26.8 Å². The third-order valence-corrected chi connectivity index (χ3v) is 7.47. The van der Waals surface area contributed by atoms with Crippen LogP contribution >= 0.6 is 0 Å². The first-order valence-electron chi connectivity index (χ1n) is 10.4. The van der Waals surface area contributed by atoms with Gasteiger partial charge in [0.05, 0.1) is 12.5 Å². The number of amides is 1. The molecule has 1 aromatic carbocycles. The minimum Gasteiger partial charge on any atom is -0.462 e. The molecule has 1 aliphatic heterocycles. The highest BCUT2D eigenvalue weighted by atomic mass is 32.2. The van der Waals surface area contributed by atoms with Crippen molar-refractivity contribution in [3.05, 3.63) is 46.8 Å². The van der Waals surface area contributed by atoms with Crippen molar-refractivity contribution in [2.75, 3.05) is 25.0 Å². The Hall–Kier alpha value is -2.65. The Labute approximate surface area is 183 Å². The molecule has 2 heterocycles. The quantitative estimate of drug-likeness (QED) is 0.661. The SMILES string of the molecule is CCOC(=O)c1c(C)[nH]c(C)c1S(=O)(=O)N1CCCC(C(=O)Nc2cccc(C)c2)C1. The summed E-state index contributed by atoms with van der Waals surface area (Å²) in [6, 6.07) is 7.47. The van der Waals surface area contributed by atoms with Gasteiger partial charge in [-0.2, -0.15) is 4.31 Å². The van der Waals surface area contributed by atoms with E-state index in [1.165, 1.54) is 4.31 Å². The molecule has 0 bridgehead atoms. The Balaban J connectivity index is 1.84. The smallest absolute Gasteiger partial charge is 0.341 e. The third-order valence-electron chi connectivity index (χ3n) is 5.44. The number of carbonyl (C=O) groups is 2. The van der Waals surface area contributed by atoms with E-state index < -0.39 is 21.9 Å². The molecule has 1 aliphatic rings. The number of carbonyl (C=O) groups excluding carboxylic acids is 2. The lowest BCUT2D eigenvalue weighted by Crippen LogP contribution is -2.44. The molecule has 1 fully saturated rings. The summed E-state index contributed by atoms with van der Waals surface area (Å²) in [5.74, 6) is -1.36. The summed E-state index contributed by atoms with van der Waals surface area (Å²) in [6.45, 7) is 7.37. The molecular formula is C22H29N3O5S. The van der Waals surface area contributed by atoms with E-state index in [-0.39, 0.29) is 29.5 Å². The van der Waals surface area contributed by atoms with Crippen LogP contribution in [0.5, 0.6) is 0 Å². The molecule has 3 rings (SSSR count). The Bertz CT molecular complexity index is 1090. The van der Waals surface area contributed by atoms with Crippen LogP contribution < -0.4 is 5.32 Å². The molecule has 0 saturated carbocycles. The maximum absolute atomic E-state index is 13.5. The molecule has 168 valence electrons. The number of aromatic nitrogens is 1. The van der Waals surface area contributed by atoms with Crippen molar-refractivity contribution in [1.29, 1.82) is 0 Å². The van der Waals surface area contributed by atoms with Crippen LogP contribution in [0.4, 0.5) is 5.69 Å². The number of hydrogen-bond acceptors (Lipinski definition) is 5. The fourth-order valence-electron chi connectivity index (χ4n) is 4.00. The number of rotatable bonds is 6. The fraction of sp³-hybridized carbons (Fsp3) is 0.455. The maximum atomic E-state index is 13.5. The maximum Gasteiger partial charge on any atom is 0.341 e. The molecule has 1 saturated heterocycles. The van der Waals surface area contributed by atoms with Crippen molar-refractivity contribution in [1.82, 2.24) is 9.29 Å². The lowest BCUT2D eigenvalue weighted by Gasteiger charge is -2.31. The van der Waals surface area contributed by atoms with Crippen molar-refractivity contribution in [2.24, 2.45) is 5.92 Å². The number of hydrogen-bond donors (Lipinski definition) is 2. The van der Waals surface area contributed by atoms with Crippen molar-refractivity contribution in [3.63, 3.8) is 0 Å². The van der Waals surface area contributed by atoms with Crippen LogP contribution in [0.3, 0.4) is 0 Å². The zero-order valence-corrected chi connectivity index (χ0v) is 19.1. The molecule has 1 amide bonds. The monoisotopic (exact) mass is 447 g/mol. The van der Waals surface area contributed by atoms with Gasteiger partial charge in [0.1, 0.15) is 10.5 Å². The average Bonchev–Trinajstić information content (AvgIpc) is 3.03. The number of aromatic amines is 1. The first-order valence-corrected chi connectivity index (χ1v) is 11.8. The minimum atomic E-state index is -3.99. The summed E-state index contributed by atoms with van der Waals surface area (Å²) in [5.41, 5.74) is 2.57. The second-order valence-electron chi connectivity index (χ2n) is 7.86. The van der Waals surface area contributed by atoms with Crippen LogP contribution in [-0.4, -0.2) is 49.3 Å². The number of esters is 1. The van der Waals surface area contributed by atoms with Crippen LogP contribution in [0, 0.1) is 26.7 Å². The normalized spacial score (nSPS) is 17.4. The van der Waals surface area contributed by atoms with Crippen LogP contribution in [0.2, 0.25) is 0 Å². The molecule has 0 aliphatic carbocycles.